The molecule has 0 atom stereocenters. The molecule has 2 rings (SSSR count). The van der Waals surface area contributed by atoms with Crippen LogP contribution in [0.3, 0.4) is 0 Å². The van der Waals surface area contributed by atoms with Crippen LogP contribution in [0.2, 0.25) is 0 Å². The fourth-order valence-electron chi connectivity index (χ4n) is 1.59. The summed E-state index contributed by atoms with van der Waals surface area (Å²) >= 11 is 0. The quantitative estimate of drug-likeness (QED) is 0.898. The normalized spacial score (nSPS) is 10.1. The van der Waals surface area contributed by atoms with Gasteiger partial charge in [0.1, 0.15) is 12.4 Å². The van der Waals surface area contributed by atoms with Gasteiger partial charge < -0.3 is 14.6 Å². The van der Waals surface area contributed by atoms with Gasteiger partial charge in [-0.25, -0.2) is 9.78 Å². The standard InChI is InChI=1S/C14H14N2O4/c1-9-7-12(13(17)18)16-14(15-9)20-8-10-3-5-11(19-2)6-4-10/h3-7H,8H2,1-2H3,(H,17,18). The van der Waals surface area contributed by atoms with Gasteiger partial charge in [-0.15, -0.1) is 0 Å². The van der Waals surface area contributed by atoms with Crippen LogP contribution in [-0.2, 0) is 6.61 Å². The van der Waals surface area contributed by atoms with Crippen molar-refractivity contribution in [3.05, 3.63) is 47.3 Å². The molecular weight excluding hydrogens is 260 g/mol. The maximum Gasteiger partial charge on any atom is 0.354 e. The zero-order valence-electron chi connectivity index (χ0n) is 11.2. The summed E-state index contributed by atoms with van der Waals surface area (Å²) in [5.41, 5.74) is 1.37. The van der Waals surface area contributed by atoms with Gasteiger partial charge in [0.2, 0.25) is 0 Å². The third-order valence-electron chi connectivity index (χ3n) is 2.58. The van der Waals surface area contributed by atoms with Crippen LogP contribution < -0.4 is 9.47 Å². The Morgan fingerprint density at radius 2 is 1.95 bits per heavy atom. The smallest absolute Gasteiger partial charge is 0.354 e. The van der Waals surface area contributed by atoms with E-state index in [0.29, 0.717) is 5.69 Å². The Bertz CT molecular complexity index is 611. The second-order valence-corrected chi connectivity index (χ2v) is 4.12. The summed E-state index contributed by atoms with van der Waals surface area (Å²) in [5.74, 6) is -0.349. The largest absolute Gasteiger partial charge is 0.497 e. The van der Waals surface area contributed by atoms with Crippen molar-refractivity contribution in [2.45, 2.75) is 13.5 Å². The summed E-state index contributed by atoms with van der Waals surface area (Å²) in [4.78, 5) is 18.8. The van der Waals surface area contributed by atoms with Gasteiger partial charge in [0.05, 0.1) is 7.11 Å². The van der Waals surface area contributed by atoms with Gasteiger partial charge >= 0.3 is 12.0 Å². The summed E-state index contributed by atoms with van der Waals surface area (Å²) in [7, 11) is 1.60. The molecule has 1 aromatic carbocycles. The van der Waals surface area contributed by atoms with Crippen LogP contribution in [0.25, 0.3) is 0 Å². The number of ether oxygens (including phenoxy) is 2. The van der Waals surface area contributed by atoms with Gasteiger partial charge in [-0.3, -0.25) is 0 Å². The Morgan fingerprint density at radius 3 is 2.55 bits per heavy atom. The lowest BCUT2D eigenvalue weighted by atomic mass is 10.2. The third kappa shape index (κ3) is 3.44. The van der Waals surface area contributed by atoms with Crippen molar-refractivity contribution in [2.75, 3.05) is 7.11 Å². The average Bonchev–Trinajstić information content (AvgIpc) is 2.45. The van der Waals surface area contributed by atoms with Gasteiger partial charge in [-0.05, 0) is 30.7 Å². The zero-order valence-corrected chi connectivity index (χ0v) is 11.2. The molecule has 104 valence electrons. The molecule has 0 amide bonds. The Labute approximate surface area is 116 Å². The number of carbonyl (C=O) groups is 1. The van der Waals surface area contributed by atoms with Gasteiger partial charge in [-0.2, -0.15) is 4.98 Å². The van der Waals surface area contributed by atoms with E-state index in [1.54, 1.807) is 14.0 Å². The molecule has 0 saturated carbocycles. The van der Waals surface area contributed by atoms with Crippen LogP contribution in [0.15, 0.2) is 30.3 Å². The predicted octanol–water partition coefficient (Wildman–Crippen LogP) is 2.07. The first-order valence-electron chi connectivity index (χ1n) is 5.93. The number of aromatic nitrogens is 2. The van der Waals surface area contributed by atoms with Gasteiger partial charge in [0.25, 0.3) is 0 Å². The predicted molar refractivity (Wildman–Crippen MR) is 71.1 cm³/mol. The van der Waals surface area contributed by atoms with Crippen molar-refractivity contribution < 1.29 is 19.4 Å². The molecule has 1 aromatic heterocycles. The Morgan fingerprint density at radius 1 is 1.25 bits per heavy atom. The highest BCUT2D eigenvalue weighted by Gasteiger charge is 2.09. The minimum atomic E-state index is -1.11. The summed E-state index contributed by atoms with van der Waals surface area (Å²) < 4.78 is 10.5. The zero-order chi connectivity index (χ0) is 14.5. The summed E-state index contributed by atoms with van der Waals surface area (Å²) in [6.45, 7) is 1.95. The molecule has 0 bridgehead atoms. The summed E-state index contributed by atoms with van der Waals surface area (Å²) in [6, 6.07) is 8.79. The fourth-order valence-corrected chi connectivity index (χ4v) is 1.59. The van der Waals surface area contributed by atoms with Crippen molar-refractivity contribution >= 4 is 5.97 Å². The van der Waals surface area contributed by atoms with E-state index in [1.165, 1.54) is 6.07 Å². The molecule has 20 heavy (non-hydrogen) atoms. The number of carboxylic acids is 1. The lowest BCUT2D eigenvalue weighted by Crippen LogP contribution is -2.06. The monoisotopic (exact) mass is 274 g/mol. The van der Waals surface area contributed by atoms with Crippen molar-refractivity contribution in [1.29, 1.82) is 0 Å². The number of carboxylic acid groups (broad SMARTS) is 1. The van der Waals surface area contributed by atoms with Crippen LogP contribution in [0.1, 0.15) is 21.7 Å². The molecule has 1 N–H and O–H groups in total. The number of nitrogens with zero attached hydrogens (tertiary/aromatic N) is 2. The highest BCUT2D eigenvalue weighted by atomic mass is 16.5. The van der Waals surface area contributed by atoms with E-state index in [1.807, 2.05) is 24.3 Å². The molecule has 0 unspecified atom stereocenters. The highest BCUT2D eigenvalue weighted by Crippen LogP contribution is 2.13. The van der Waals surface area contributed by atoms with Gasteiger partial charge in [0.15, 0.2) is 5.69 Å². The van der Waals surface area contributed by atoms with Crippen LogP contribution in [0.4, 0.5) is 0 Å². The summed E-state index contributed by atoms with van der Waals surface area (Å²) in [5, 5.41) is 8.92. The topological polar surface area (TPSA) is 81.5 Å². The number of aryl methyl sites for hydroxylation is 1. The SMILES string of the molecule is COc1ccc(COc2nc(C)cc(C(=O)O)n2)cc1. The molecule has 0 aliphatic rings. The maximum absolute atomic E-state index is 10.9. The minimum Gasteiger partial charge on any atom is -0.497 e. The molecule has 0 fully saturated rings. The molecular formula is C14H14N2O4. The maximum atomic E-state index is 10.9. The van der Waals surface area contributed by atoms with E-state index < -0.39 is 5.97 Å². The number of hydrogen-bond donors (Lipinski definition) is 1. The van der Waals surface area contributed by atoms with E-state index in [4.69, 9.17) is 14.6 Å². The highest BCUT2D eigenvalue weighted by molar-refractivity contribution is 5.85. The lowest BCUT2D eigenvalue weighted by molar-refractivity contribution is 0.0688. The van der Waals surface area contributed by atoms with E-state index in [9.17, 15) is 4.79 Å². The van der Waals surface area contributed by atoms with Crippen molar-refractivity contribution in [3.63, 3.8) is 0 Å². The van der Waals surface area contributed by atoms with E-state index in [0.717, 1.165) is 11.3 Å². The first-order chi connectivity index (χ1) is 9.58. The van der Waals surface area contributed by atoms with E-state index in [-0.39, 0.29) is 18.3 Å². The Hall–Kier alpha value is -2.63. The number of rotatable bonds is 5. The molecule has 0 aliphatic carbocycles. The van der Waals surface area contributed by atoms with Gasteiger partial charge in [-0.1, -0.05) is 12.1 Å². The van der Waals surface area contributed by atoms with Crippen LogP contribution in [-0.4, -0.2) is 28.2 Å². The third-order valence-corrected chi connectivity index (χ3v) is 2.58. The van der Waals surface area contributed by atoms with E-state index in [2.05, 4.69) is 9.97 Å². The summed E-state index contributed by atoms with van der Waals surface area (Å²) in [6.07, 6.45) is 0. The van der Waals surface area contributed by atoms with E-state index >= 15 is 0 Å². The Kier molecular flexibility index (Phi) is 4.14. The van der Waals surface area contributed by atoms with Crippen LogP contribution in [0, 0.1) is 6.92 Å². The number of benzene rings is 1. The number of aromatic carboxylic acids is 1. The van der Waals surface area contributed by atoms with Crippen molar-refractivity contribution in [1.82, 2.24) is 9.97 Å². The van der Waals surface area contributed by atoms with Gasteiger partial charge in [0, 0.05) is 5.69 Å². The van der Waals surface area contributed by atoms with Crippen LogP contribution in [0.5, 0.6) is 11.8 Å². The van der Waals surface area contributed by atoms with Crippen molar-refractivity contribution in [2.24, 2.45) is 0 Å². The molecule has 1 heterocycles. The molecule has 0 saturated heterocycles. The molecule has 0 radical (unpaired) electrons. The average molecular weight is 274 g/mol. The molecule has 0 spiro atoms. The number of methoxy groups -OCH3 is 1. The second kappa shape index (κ2) is 6.01. The molecule has 0 aliphatic heterocycles. The van der Waals surface area contributed by atoms with Crippen molar-refractivity contribution in [3.8, 4) is 11.8 Å². The first kappa shape index (κ1) is 13.8. The second-order valence-electron chi connectivity index (χ2n) is 4.12. The first-order valence-corrected chi connectivity index (χ1v) is 5.93. The molecule has 6 heteroatoms. The fraction of sp³-hybridized carbons (Fsp3) is 0.214. The Balaban J connectivity index is 2.08. The lowest BCUT2D eigenvalue weighted by Gasteiger charge is -2.07. The molecule has 6 nitrogen and oxygen atoms in total. The van der Waals surface area contributed by atoms with Crippen LogP contribution >= 0.6 is 0 Å². The molecule has 2 aromatic rings. The number of hydrogen-bond acceptors (Lipinski definition) is 5. The minimum absolute atomic E-state index is 0.0539.